The van der Waals surface area contributed by atoms with Gasteiger partial charge < -0.3 is 24.6 Å². The first kappa shape index (κ1) is 22.3. The Morgan fingerprint density at radius 3 is 2.17 bits per heavy atom. The molecule has 0 spiro atoms. The van der Waals surface area contributed by atoms with Crippen molar-refractivity contribution in [2.45, 2.75) is 33.3 Å². The number of piperazine rings is 1. The van der Waals surface area contributed by atoms with Crippen LogP contribution in [0, 0.1) is 0 Å². The number of esters is 1. The van der Waals surface area contributed by atoms with E-state index in [2.05, 4.69) is 5.32 Å². The number of benzene rings is 1. The Kier molecular flexibility index (Phi) is 7.64. The summed E-state index contributed by atoms with van der Waals surface area (Å²) in [5, 5.41) is 2.84. The minimum Gasteiger partial charge on any atom is -0.463 e. The Balaban J connectivity index is 1.82. The van der Waals surface area contributed by atoms with Gasteiger partial charge in [-0.15, -0.1) is 0 Å². The number of hydrogen-bond donors (Lipinski definition) is 1. The summed E-state index contributed by atoms with van der Waals surface area (Å²) in [7, 11) is 0. The Hall–Kier alpha value is -3.03. The number of anilines is 1. The summed E-state index contributed by atoms with van der Waals surface area (Å²) in [5.41, 5.74) is 0.934. The highest BCUT2D eigenvalue weighted by molar-refractivity contribution is 5.90. The molecule has 1 aromatic carbocycles. The third-order valence-electron chi connectivity index (χ3n) is 4.08. The lowest BCUT2D eigenvalue weighted by atomic mass is 10.2. The van der Waals surface area contributed by atoms with Gasteiger partial charge in [0.15, 0.2) is 0 Å². The number of urea groups is 1. The maximum atomic E-state index is 12.4. The third kappa shape index (κ3) is 7.48. The van der Waals surface area contributed by atoms with E-state index in [1.807, 2.05) is 20.8 Å². The predicted octanol–water partition coefficient (Wildman–Crippen LogP) is 3.35. The zero-order valence-corrected chi connectivity index (χ0v) is 17.4. The maximum absolute atomic E-state index is 12.4. The molecule has 0 aliphatic carbocycles. The van der Waals surface area contributed by atoms with Gasteiger partial charge in [-0.3, -0.25) is 0 Å². The first-order valence-corrected chi connectivity index (χ1v) is 9.66. The quantitative estimate of drug-likeness (QED) is 0.615. The highest BCUT2D eigenvalue weighted by atomic mass is 16.6. The van der Waals surface area contributed by atoms with Crippen LogP contribution in [0.25, 0.3) is 6.08 Å². The van der Waals surface area contributed by atoms with Gasteiger partial charge in [0.1, 0.15) is 5.60 Å². The molecule has 1 saturated heterocycles. The molecular weight excluding hydrogens is 374 g/mol. The fourth-order valence-electron chi connectivity index (χ4n) is 2.65. The minimum atomic E-state index is -0.538. The molecule has 0 aromatic heterocycles. The van der Waals surface area contributed by atoms with E-state index in [1.54, 1.807) is 47.1 Å². The van der Waals surface area contributed by atoms with Crippen molar-refractivity contribution in [3.05, 3.63) is 35.9 Å². The van der Waals surface area contributed by atoms with E-state index in [-0.39, 0.29) is 12.1 Å². The summed E-state index contributed by atoms with van der Waals surface area (Å²) in [6.07, 6.45) is 2.66. The highest BCUT2D eigenvalue weighted by Gasteiger charge is 2.27. The van der Waals surface area contributed by atoms with Crippen molar-refractivity contribution in [3.8, 4) is 0 Å². The maximum Gasteiger partial charge on any atom is 0.410 e. The van der Waals surface area contributed by atoms with E-state index in [4.69, 9.17) is 9.47 Å². The lowest BCUT2D eigenvalue weighted by Crippen LogP contribution is -2.52. The molecular formula is C21H29N3O5. The van der Waals surface area contributed by atoms with Crippen LogP contribution in [0.4, 0.5) is 15.3 Å². The van der Waals surface area contributed by atoms with Gasteiger partial charge in [-0.2, -0.15) is 0 Å². The molecule has 0 bridgehead atoms. The summed E-state index contributed by atoms with van der Waals surface area (Å²) in [6, 6.07) is 6.90. The topological polar surface area (TPSA) is 88.2 Å². The van der Waals surface area contributed by atoms with Gasteiger partial charge in [-0.1, -0.05) is 12.1 Å². The van der Waals surface area contributed by atoms with Crippen molar-refractivity contribution in [3.63, 3.8) is 0 Å². The first-order valence-electron chi connectivity index (χ1n) is 9.66. The number of amides is 3. The molecule has 2 rings (SSSR count). The Labute approximate surface area is 171 Å². The number of nitrogens with one attached hydrogen (secondary N) is 1. The first-order chi connectivity index (χ1) is 13.7. The SMILES string of the molecule is CCOC(=O)/C=C/c1ccc(NC(=O)N2CCN(C(=O)OC(C)(C)C)CC2)cc1. The van der Waals surface area contributed by atoms with Gasteiger partial charge in [0.2, 0.25) is 0 Å². The number of rotatable bonds is 4. The molecule has 0 atom stereocenters. The monoisotopic (exact) mass is 403 g/mol. The Morgan fingerprint density at radius 1 is 1.03 bits per heavy atom. The standard InChI is InChI=1S/C21H29N3O5/c1-5-28-18(25)11-8-16-6-9-17(10-7-16)22-19(26)23-12-14-24(15-13-23)20(27)29-21(2,3)4/h6-11H,5,12-15H2,1-4H3,(H,22,26)/b11-8+. The van der Waals surface area contributed by atoms with E-state index in [0.29, 0.717) is 38.5 Å². The number of carbonyl (C=O) groups excluding carboxylic acids is 3. The van der Waals surface area contributed by atoms with Gasteiger partial charge in [0.05, 0.1) is 6.61 Å². The minimum absolute atomic E-state index is 0.219. The molecule has 1 aliphatic rings. The van der Waals surface area contributed by atoms with Crippen molar-refractivity contribution in [1.82, 2.24) is 9.80 Å². The third-order valence-corrected chi connectivity index (χ3v) is 4.08. The molecule has 1 aliphatic heterocycles. The zero-order valence-electron chi connectivity index (χ0n) is 17.4. The fourth-order valence-corrected chi connectivity index (χ4v) is 2.65. The summed E-state index contributed by atoms with van der Waals surface area (Å²) >= 11 is 0. The van der Waals surface area contributed by atoms with Crippen LogP contribution >= 0.6 is 0 Å². The van der Waals surface area contributed by atoms with E-state index in [1.165, 1.54) is 6.08 Å². The van der Waals surface area contributed by atoms with Gasteiger partial charge in [0, 0.05) is 37.9 Å². The number of nitrogens with zero attached hydrogens (tertiary/aromatic N) is 2. The molecule has 1 fully saturated rings. The van der Waals surface area contributed by atoms with E-state index >= 15 is 0 Å². The number of ether oxygens (including phenoxy) is 2. The molecule has 1 heterocycles. The van der Waals surface area contributed by atoms with Gasteiger partial charge in [-0.05, 0) is 51.5 Å². The normalized spacial score (nSPS) is 14.6. The summed E-state index contributed by atoms with van der Waals surface area (Å²) in [6.45, 7) is 9.29. The van der Waals surface area contributed by atoms with Crippen LogP contribution in [0.15, 0.2) is 30.3 Å². The zero-order chi connectivity index (χ0) is 21.4. The van der Waals surface area contributed by atoms with Crippen LogP contribution in [-0.2, 0) is 14.3 Å². The highest BCUT2D eigenvalue weighted by Crippen LogP contribution is 2.14. The fraction of sp³-hybridized carbons (Fsp3) is 0.476. The number of carbonyl (C=O) groups is 3. The molecule has 29 heavy (non-hydrogen) atoms. The number of hydrogen-bond acceptors (Lipinski definition) is 5. The van der Waals surface area contributed by atoms with E-state index < -0.39 is 11.6 Å². The van der Waals surface area contributed by atoms with Crippen LogP contribution in [0.3, 0.4) is 0 Å². The average molecular weight is 403 g/mol. The van der Waals surface area contributed by atoms with Crippen LogP contribution < -0.4 is 5.32 Å². The van der Waals surface area contributed by atoms with Crippen molar-refractivity contribution in [2.24, 2.45) is 0 Å². The second-order valence-electron chi connectivity index (χ2n) is 7.59. The molecule has 0 radical (unpaired) electrons. The van der Waals surface area contributed by atoms with E-state index in [0.717, 1.165) is 5.56 Å². The van der Waals surface area contributed by atoms with Gasteiger partial charge >= 0.3 is 18.1 Å². The molecule has 0 unspecified atom stereocenters. The van der Waals surface area contributed by atoms with E-state index in [9.17, 15) is 14.4 Å². The second kappa shape index (κ2) is 9.95. The van der Waals surface area contributed by atoms with Crippen LogP contribution in [0.1, 0.15) is 33.3 Å². The Morgan fingerprint density at radius 2 is 1.62 bits per heavy atom. The van der Waals surface area contributed by atoms with Gasteiger partial charge in [-0.25, -0.2) is 14.4 Å². The summed E-state index contributed by atoms with van der Waals surface area (Å²) in [4.78, 5) is 39.2. The van der Waals surface area contributed by atoms with Gasteiger partial charge in [0.25, 0.3) is 0 Å². The van der Waals surface area contributed by atoms with Crippen molar-refractivity contribution in [2.75, 3.05) is 38.1 Å². The van der Waals surface area contributed by atoms with Crippen LogP contribution in [0.2, 0.25) is 0 Å². The molecule has 1 aromatic rings. The second-order valence-corrected chi connectivity index (χ2v) is 7.59. The molecule has 8 nitrogen and oxygen atoms in total. The van der Waals surface area contributed by atoms with Crippen molar-refractivity contribution >= 4 is 29.9 Å². The van der Waals surface area contributed by atoms with Crippen molar-refractivity contribution in [1.29, 1.82) is 0 Å². The lowest BCUT2D eigenvalue weighted by Gasteiger charge is -2.35. The largest absolute Gasteiger partial charge is 0.463 e. The average Bonchev–Trinajstić information content (AvgIpc) is 2.66. The van der Waals surface area contributed by atoms with Crippen LogP contribution in [-0.4, -0.2) is 66.3 Å². The smallest absolute Gasteiger partial charge is 0.410 e. The molecule has 0 saturated carbocycles. The summed E-state index contributed by atoms with van der Waals surface area (Å²) < 4.78 is 10.2. The molecule has 158 valence electrons. The van der Waals surface area contributed by atoms with Crippen molar-refractivity contribution < 1.29 is 23.9 Å². The predicted molar refractivity (Wildman–Crippen MR) is 111 cm³/mol. The molecule has 8 heteroatoms. The Bertz CT molecular complexity index is 745. The van der Waals surface area contributed by atoms with Crippen LogP contribution in [0.5, 0.6) is 0 Å². The molecule has 1 N–H and O–H groups in total. The molecule has 3 amide bonds. The summed E-state index contributed by atoms with van der Waals surface area (Å²) in [5.74, 6) is -0.393. The lowest BCUT2D eigenvalue weighted by molar-refractivity contribution is -0.137.